The van der Waals surface area contributed by atoms with Gasteiger partial charge in [-0.25, -0.2) is 8.42 Å². The lowest BCUT2D eigenvalue weighted by Crippen LogP contribution is -2.30. The van der Waals surface area contributed by atoms with Crippen LogP contribution in [0.5, 0.6) is 0 Å². The summed E-state index contributed by atoms with van der Waals surface area (Å²) in [5.41, 5.74) is -0.215. The Kier molecular flexibility index (Phi) is 6.25. The summed E-state index contributed by atoms with van der Waals surface area (Å²) in [6, 6.07) is 4.36. The number of hydrogen-bond acceptors (Lipinski definition) is 6. The van der Waals surface area contributed by atoms with Crippen molar-refractivity contribution in [2.24, 2.45) is 0 Å². The third kappa shape index (κ3) is 5.48. The molecule has 0 radical (unpaired) electrons. The average Bonchev–Trinajstić information content (AvgIpc) is 2.45. The molecule has 1 rings (SSSR count). The number of carbonyl (C=O) groups is 1. The molecule has 0 bridgehead atoms. The van der Waals surface area contributed by atoms with Crippen LogP contribution in [0.1, 0.15) is 19.8 Å². The van der Waals surface area contributed by atoms with Gasteiger partial charge in [-0.15, -0.1) is 0 Å². The number of ether oxygens (including phenoxy) is 1. The van der Waals surface area contributed by atoms with Gasteiger partial charge in [0.15, 0.2) is 0 Å². The number of nitrogens with one attached hydrogen (secondary N) is 1. The number of rotatable bonds is 8. The van der Waals surface area contributed by atoms with Crippen LogP contribution in [-0.2, 0) is 19.6 Å². The second kappa shape index (κ2) is 7.70. The number of nitro benzene ring substituents is 1. The van der Waals surface area contributed by atoms with Gasteiger partial charge in [0.2, 0.25) is 10.0 Å². The third-order valence-corrected chi connectivity index (χ3v) is 3.94. The molecule has 0 atom stereocenters. The van der Waals surface area contributed by atoms with Crippen molar-refractivity contribution in [2.45, 2.75) is 24.7 Å². The highest BCUT2D eigenvalue weighted by Gasteiger charge is 2.17. The minimum absolute atomic E-state index is 0.158. The molecule has 0 heterocycles. The molecule has 0 fully saturated rings. The molecule has 0 aliphatic rings. The highest BCUT2D eigenvalue weighted by Crippen LogP contribution is 2.15. The number of carbonyl (C=O) groups excluding carboxylic acids is 1. The van der Waals surface area contributed by atoms with Gasteiger partial charge in [-0.05, 0) is 18.6 Å². The number of benzene rings is 1. The lowest BCUT2D eigenvalue weighted by Gasteiger charge is -2.07. The van der Waals surface area contributed by atoms with Crippen molar-refractivity contribution < 1.29 is 22.9 Å². The number of nitro groups is 1. The van der Waals surface area contributed by atoms with Crippen molar-refractivity contribution in [1.29, 1.82) is 0 Å². The Morgan fingerprint density at radius 2 is 1.95 bits per heavy atom. The Morgan fingerprint density at radius 3 is 2.48 bits per heavy atom. The van der Waals surface area contributed by atoms with Crippen molar-refractivity contribution in [3.63, 3.8) is 0 Å². The lowest BCUT2D eigenvalue weighted by atomic mass is 10.3. The summed E-state index contributed by atoms with van der Waals surface area (Å²) in [7, 11) is -3.90. The minimum Gasteiger partial charge on any atom is -0.465 e. The fourth-order valence-corrected chi connectivity index (χ4v) is 2.33. The number of non-ortho nitro benzene ring substituents is 1. The maximum atomic E-state index is 11.9. The van der Waals surface area contributed by atoms with Gasteiger partial charge in [-0.2, -0.15) is 4.72 Å². The average molecular weight is 316 g/mol. The van der Waals surface area contributed by atoms with Gasteiger partial charge in [-0.1, -0.05) is 13.3 Å². The topological polar surface area (TPSA) is 116 Å². The normalized spacial score (nSPS) is 11.1. The van der Waals surface area contributed by atoms with Crippen LogP contribution in [0.4, 0.5) is 5.69 Å². The fraction of sp³-hybridized carbons (Fsp3) is 0.417. The summed E-state index contributed by atoms with van der Waals surface area (Å²) in [5, 5.41) is 10.5. The molecule has 0 aliphatic carbocycles. The van der Waals surface area contributed by atoms with Crippen molar-refractivity contribution in [3.8, 4) is 0 Å². The van der Waals surface area contributed by atoms with E-state index in [2.05, 4.69) is 4.72 Å². The van der Waals surface area contributed by atoms with Crippen LogP contribution in [0.2, 0.25) is 0 Å². The largest absolute Gasteiger partial charge is 0.465 e. The molecular weight excluding hydrogens is 300 g/mol. The molecule has 1 N–H and O–H groups in total. The second-order valence-electron chi connectivity index (χ2n) is 4.15. The van der Waals surface area contributed by atoms with Gasteiger partial charge in [-0.3, -0.25) is 14.9 Å². The van der Waals surface area contributed by atoms with Crippen LogP contribution in [-0.4, -0.2) is 32.5 Å². The first-order chi connectivity index (χ1) is 9.86. The molecule has 0 unspecified atom stereocenters. The monoisotopic (exact) mass is 316 g/mol. The first-order valence-corrected chi connectivity index (χ1v) is 7.75. The van der Waals surface area contributed by atoms with Crippen LogP contribution < -0.4 is 4.72 Å². The van der Waals surface area contributed by atoms with E-state index >= 15 is 0 Å². The van der Waals surface area contributed by atoms with Crippen LogP contribution in [0.15, 0.2) is 29.2 Å². The second-order valence-corrected chi connectivity index (χ2v) is 5.92. The van der Waals surface area contributed by atoms with E-state index in [0.717, 1.165) is 30.7 Å². The molecule has 21 heavy (non-hydrogen) atoms. The van der Waals surface area contributed by atoms with Gasteiger partial charge in [0.25, 0.3) is 5.69 Å². The molecule has 0 spiro atoms. The molecule has 116 valence electrons. The van der Waals surface area contributed by atoms with E-state index < -0.39 is 27.5 Å². The van der Waals surface area contributed by atoms with E-state index in [4.69, 9.17) is 4.74 Å². The highest BCUT2D eigenvalue weighted by molar-refractivity contribution is 7.89. The summed E-state index contributed by atoms with van der Waals surface area (Å²) >= 11 is 0. The first-order valence-electron chi connectivity index (χ1n) is 6.26. The Hall–Kier alpha value is -2.00. The van der Waals surface area contributed by atoms with Gasteiger partial charge >= 0.3 is 5.97 Å². The molecule has 0 aliphatic heterocycles. The van der Waals surface area contributed by atoms with E-state index in [-0.39, 0.29) is 17.2 Å². The Balaban J connectivity index is 2.61. The van der Waals surface area contributed by atoms with E-state index in [1.165, 1.54) is 0 Å². The summed E-state index contributed by atoms with van der Waals surface area (Å²) in [6.07, 6.45) is 1.57. The van der Waals surface area contributed by atoms with E-state index in [0.29, 0.717) is 6.42 Å². The maximum absolute atomic E-state index is 11.9. The van der Waals surface area contributed by atoms with E-state index in [9.17, 15) is 23.3 Å². The van der Waals surface area contributed by atoms with Crippen LogP contribution in [0.25, 0.3) is 0 Å². The molecule has 0 saturated carbocycles. The molecular formula is C12H16N2O6S. The first kappa shape index (κ1) is 17.1. The van der Waals surface area contributed by atoms with Gasteiger partial charge < -0.3 is 4.74 Å². The Morgan fingerprint density at radius 1 is 1.33 bits per heavy atom. The lowest BCUT2D eigenvalue weighted by molar-refractivity contribution is -0.384. The van der Waals surface area contributed by atoms with Gasteiger partial charge in [0.05, 0.1) is 16.4 Å². The SMILES string of the molecule is CCCCOC(=O)CNS(=O)(=O)c1ccc([N+](=O)[O-])cc1. The van der Waals surface area contributed by atoms with Crippen LogP contribution >= 0.6 is 0 Å². The quantitative estimate of drug-likeness (QED) is 0.333. The predicted molar refractivity (Wildman–Crippen MR) is 74.2 cm³/mol. The van der Waals surface area contributed by atoms with Crippen LogP contribution in [0, 0.1) is 10.1 Å². The number of nitrogens with zero attached hydrogens (tertiary/aromatic N) is 1. The number of unbranched alkanes of at least 4 members (excludes halogenated alkanes) is 1. The summed E-state index contributed by atoms with van der Waals surface area (Å²) in [5.74, 6) is -0.672. The third-order valence-electron chi connectivity index (χ3n) is 2.53. The zero-order valence-electron chi connectivity index (χ0n) is 11.4. The smallest absolute Gasteiger partial charge is 0.321 e. The molecule has 9 heteroatoms. The number of hydrogen-bond donors (Lipinski definition) is 1. The maximum Gasteiger partial charge on any atom is 0.321 e. The Bertz CT molecular complexity index is 597. The molecule has 1 aromatic carbocycles. The summed E-state index contributed by atoms with van der Waals surface area (Å²) in [6.45, 7) is 1.70. The molecule has 0 saturated heterocycles. The predicted octanol–water partition coefficient (Wildman–Crippen LogP) is 1.22. The van der Waals surface area contributed by atoms with Crippen LogP contribution in [0.3, 0.4) is 0 Å². The number of esters is 1. The zero-order valence-corrected chi connectivity index (χ0v) is 12.3. The zero-order chi connectivity index (χ0) is 15.9. The van der Waals surface area contributed by atoms with Crippen molar-refractivity contribution >= 4 is 21.7 Å². The van der Waals surface area contributed by atoms with E-state index in [1.54, 1.807) is 0 Å². The van der Waals surface area contributed by atoms with Crippen molar-refractivity contribution in [2.75, 3.05) is 13.2 Å². The van der Waals surface area contributed by atoms with Crippen molar-refractivity contribution in [1.82, 2.24) is 4.72 Å². The minimum atomic E-state index is -3.90. The number of sulfonamides is 1. The van der Waals surface area contributed by atoms with Gasteiger partial charge in [0, 0.05) is 12.1 Å². The van der Waals surface area contributed by atoms with E-state index in [1.807, 2.05) is 6.92 Å². The Labute approximate surface area is 122 Å². The fourth-order valence-electron chi connectivity index (χ4n) is 1.37. The highest BCUT2D eigenvalue weighted by atomic mass is 32.2. The van der Waals surface area contributed by atoms with Gasteiger partial charge in [0.1, 0.15) is 6.54 Å². The molecule has 1 aromatic rings. The summed E-state index contributed by atoms with van der Waals surface area (Å²) in [4.78, 5) is 21.0. The van der Waals surface area contributed by atoms with Crippen molar-refractivity contribution in [3.05, 3.63) is 34.4 Å². The molecule has 0 amide bonds. The standard InChI is InChI=1S/C12H16N2O6S/c1-2-3-8-20-12(15)9-13-21(18,19)11-6-4-10(5-7-11)14(16)17/h4-7,13H,2-3,8-9H2,1H3. The summed E-state index contributed by atoms with van der Waals surface area (Å²) < 4.78 is 30.6. The molecule has 0 aromatic heterocycles. The molecule has 8 nitrogen and oxygen atoms in total.